The van der Waals surface area contributed by atoms with Gasteiger partial charge in [-0.3, -0.25) is 0 Å². The van der Waals surface area contributed by atoms with Crippen molar-refractivity contribution in [2.75, 3.05) is 11.9 Å². The Balaban J connectivity index is 1.94. The van der Waals surface area contributed by atoms with E-state index in [1.165, 1.54) is 22.4 Å². The van der Waals surface area contributed by atoms with Crippen LogP contribution in [-0.2, 0) is 6.42 Å². The predicted molar refractivity (Wildman–Crippen MR) is 83.9 cm³/mol. The maximum absolute atomic E-state index is 6.15. The molecule has 0 saturated carbocycles. The van der Waals surface area contributed by atoms with Gasteiger partial charge in [0.1, 0.15) is 5.75 Å². The molecule has 0 bridgehead atoms. The average molecular weight is 288 g/mol. The lowest BCUT2D eigenvalue weighted by Crippen LogP contribution is -2.08. The number of benzene rings is 2. The van der Waals surface area contributed by atoms with Gasteiger partial charge >= 0.3 is 0 Å². The van der Waals surface area contributed by atoms with Gasteiger partial charge in [-0.15, -0.1) is 0 Å². The zero-order chi connectivity index (χ0) is 14.1. The van der Waals surface area contributed by atoms with Gasteiger partial charge in [-0.25, -0.2) is 0 Å². The van der Waals surface area contributed by atoms with Crippen molar-refractivity contribution in [3.8, 4) is 5.75 Å². The Hall–Kier alpha value is -1.67. The second-order valence-electron chi connectivity index (χ2n) is 5.13. The van der Waals surface area contributed by atoms with Gasteiger partial charge in [0.2, 0.25) is 0 Å². The smallest absolute Gasteiger partial charge is 0.124 e. The van der Waals surface area contributed by atoms with Crippen molar-refractivity contribution >= 4 is 17.3 Å². The third-order valence-corrected chi connectivity index (χ3v) is 3.94. The zero-order valence-electron chi connectivity index (χ0n) is 11.7. The molecule has 104 valence electrons. The van der Waals surface area contributed by atoms with E-state index in [0.717, 1.165) is 17.2 Å². The summed E-state index contributed by atoms with van der Waals surface area (Å²) in [6.45, 7) is 4.79. The van der Waals surface area contributed by atoms with E-state index in [1.54, 1.807) is 0 Å². The number of halogens is 1. The third kappa shape index (κ3) is 2.36. The molecule has 0 aliphatic carbocycles. The van der Waals surface area contributed by atoms with Crippen LogP contribution >= 0.6 is 11.6 Å². The van der Waals surface area contributed by atoms with Crippen LogP contribution in [-0.4, -0.2) is 6.61 Å². The quantitative estimate of drug-likeness (QED) is 0.879. The fourth-order valence-electron chi connectivity index (χ4n) is 2.87. The fraction of sp³-hybridized carbons (Fsp3) is 0.294. The molecule has 1 unspecified atom stereocenters. The van der Waals surface area contributed by atoms with E-state index in [0.29, 0.717) is 6.61 Å². The number of nitrogens with one attached hydrogen (secondary N) is 1. The Morgan fingerprint density at radius 3 is 2.90 bits per heavy atom. The first-order valence-corrected chi connectivity index (χ1v) is 7.34. The molecule has 2 aromatic carbocycles. The van der Waals surface area contributed by atoms with Gasteiger partial charge in [-0.1, -0.05) is 29.8 Å². The molecule has 1 heterocycles. The van der Waals surface area contributed by atoms with E-state index in [1.807, 2.05) is 25.1 Å². The summed E-state index contributed by atoms with van der Waals surface area (Å²) in [6, 6.07) is 12.5. The minimum Gasteiger partial charge on any atom is -0.494 e. The summed E-state index contributed by atoms with van der Waals surface area (Å²) in [5.41, 5.74) is 4.90. The summed E-state index contributed by atoms with van der Waals surface area (Å²) >= 11 is 6.15. The number of ether oxygens (including phenoxy) is 1. The Morgan fingerprint density at radius 2 is 2.10 bits per heavy atom. The van der Waals surface area contributed by atoms with Crippen LogP contribution in [0.1, 0.15) is 29.7 Å². The summed E-state index contributed by atoms with van der Waals surface area (Å²) in [7, 11) is 0. The van der Waals surface area contributed by atoms with E-state index in [-0.39, 0.29) is 6.04 Å². The molecule has 1 atom stereocenters. The summed E-state index contributed by atoms with van der Waals surface area (Å²) in [6.07, 6.45) is 0.945. The van der Waals surface area contributed by atoms with Crippen molar-refractivity contribution < 1.29 is 4.74 Å². The van der Waals surface area contributed by atoms with Crippen molar-refractivity contribution in [2.45, 2.75) is 26.3 Å². The summed E-state index contributed by atoms with van der Waals surface area (Å²) < 4.78 is 5.74. The molecular formula is C17H18ClNO. The van der Waals surface area contributed by atoms with Crippen molar-refractivity contribution in [3.63, 3.8) is 0 Å². The van der Waals surface area contributed by atoms with Crippen LogP contribution in [0.5, 0.6) is 5.75 Å². The third-order valence-electron chi connectivity index (χ3n) is 3.72. The van der Waals surface area contributed by atoms with Gasteiger partial charge in [-0.2, -0.15) is 0 Å². The number of fused-ring (bicyclic) bond motifs is 1. The van der Waals surface area contributed by atoms with Crippen LogP contribution in [0.2, 0.25) is 5.02 Å². The number of hydrogen-bond donors (Lipinski definition) is 1. The predicted octanol–water partition coefficient (Wildman–Crippen LogP) is 4.76. The van der Waals surface area contributed by atoms with Gasteiger partial charge in [0.25, 0.3) is 0 Å². The number of hydrogen-bond acceptors (Lipinski definition) is 2. The lowest BCUT2D eigenvalue weighted by Gasteiger charge is -2.16. The van der Waals surface area contributed by atoms with Crippen molar-refractivity contribution in [2.24, 2.45) is 0 Å². The number of rotatable bonds is 3. The average Bonchev–Trinajstić information content (AvgIpc) is 2.83. The van der Waals surface area contributed by atoms with Crippen LogP contribution in [0.15, 0.2) is 36.4 Å². The molecule has 1 aliphatic rings. The van der Waals surface area contributed by atoms with E-state index in [9.17, 15) is 0 Å². The molecule has 1 N–H and O–H groups in total. The van der Waals surface area contributed by atoms with Gasteiger partial charge in [0, 0.05) is 16.3 Å². The largest absolute Gasteiger partial charge is 0.494 e. The highest BCUT2D eigenvalue weighted by atomic mass is 35.5. The zero-order valence-corrected chi connectivity index (χ0v) is 12.5. The number of para-hydroxylation sites is 1. The summed E-state index contributed by atoms with van der Waals surface area (Å²) in [5.74, 6) is 0.962. The molecule has 0 amide bonds. The molecule has 0 radical (unpaired) electrons. The maximum Gasteiger partial charge on any atom is 0.124 e. The fourth-order valence-corrected chi connectivity index (χ4v) is 3.16. The monoisotopic (exact) mass is 287 g/mol. The minimum absolute atomic E-state index is 0.255. The number of anilines is 1. The molecule has 2 aromatic rings. The van der Waals surface area contributed by atoms with E-state index in [4.69, 9.17) is 16.3 Å². The normalized spacial score (nSPS) is 16.6. The highest BCUT2D eigenvalue weighted by Gasteiger charge is 2.25. The van der Waals surface area contributed by atoms with Crippen LogP contribution in [0.25, 0.3) is 0 Å². The molecule has 3 rings (SSSR count). The highest BCUT2D eigenvalue weighted by molar-refractivity contribution is 6.30. The molecule has 0 aromatic heterocycles. The first-order chi connectivity index (χ1) is 9.69. The van der Waals surface area contributed by atoms with Crippen molar-refractivity contribution in [1.29, 1.82) is 0 Å². The van der Waals surface area contributed by atoms with Crippen LogP contribution in [0, 0.1) is 6.92 Å². The highest BCUT2D eigenvalue weighted by Crippen LogP contribution is 2.40. The Bertz CT molecular complexity index is 639. The van der Waals surface area contributed by atoms with Crippen LogP contribution in [0.3, 0.4) is 0 Å². The van der Waals surface area contributed by atoms with Crippen molar-refractivity contribution in [3.05, 3.63) is 58.1 Å². The van der Waals surface area contributed by atoms with Gasteiger partial charge in [0.05, 0.1) is 12.6 Å². The van der Waals surface area contributed by atoms with Gasteiger partial charge in [0.15, 0.2) is 0 Å². The van der Waals surface area contributed by atoms with E-state index < -0.39 is 0 Å². The topological polar surface area (TPSA) is 21.3 Å². The second kappa shape index (κ2) is 5.37. The van der Waals surface area contributed by atoms with Crippen molar-refractivity contribution in [1.82, 2.24) is 0 Å². The molecule has 0 spiro atoms. The molecule has 20 heavy (non-hydrogen) atoms. The lowest BCUT2D eigenvalue weighted by molar-refractivity contribution is 0.335. The first-order valence-electron chi connectivity index (χ1n) is 6.96. The minimum atomic E-state index is 0.255. The second-order valence-corrected chi connectivity index (χ2v) is 5.57. The molecular weight excluding hydrogens is 270 g/mol. The van der Waals surface area contributed by atoms with Crippen LogP contribution < -0.4 is 10.1 Å². The Kier molecular flexibility index (Phi) is 3.58. The maximum atomic E-state index is 6.15. The SMILES string of the molecule is CCOc1ccccc1C1Cc2cc(Cl)cc(C)c2N1. The van der Waals surface area contributed by atoms with Crippen LogP contribution in [0.4, 0.5) is 5.69 Å². The molecule has 0 saturated heterocycles. The lowest BCUT2D eigenvalue weighted by atomic mass is 10.0. The molecule has 0 fully saturated rings. The standard InChI is InChI=1S/C17H18ClNO/c1-3-20-16-7-5-4-6-14(16)15-10-12-9-13(18)8-11(2)17(12)19-15/h4-9,15,19H,3,10H2,1-2H3. The Labute approximate surface area is 124 Å². The molecule has 2 nitrogen and oxygen atoms in total. The van der Waals surface area contributed by atoms with Gasteiger partial charge in [-0.05, 0) is 49.6 Å². The number of aryl methyl sites for hydroxylation is 1. The summed E-state index contributed by atoms with van der Waals surface area (Å²) in [5, 5.41) is 4.41. The van der Waals surface area contributed by atoms with E-state index >= 15 is 0 Å². The Morgan fingerprint density at radius 1 is 1.30 bits per heavy atom. The molecule has 3 heteroatoms. The summed E-state index contributed by atoms with van der Waals surface area (Å²) in [4.78, 5) is 0. The van der Waals surface area contributed by atoms with Gasteiger partial charge < -0.3 is 10.1 Å². The van der Waals surface area contributed by atoms with E-state index in [2.05, 4.69) is 30.4 Å². The molecule has 1 aliphatic heterocycles. The first kappa shape index (κ1) is 13.3.